The summed E-state index contributed by atoms with van der Waals surface area (Å²) in [5, 5.41) is 15.9. The summed E-state index contributed by atoms with van der Waals surface area (Å²) in [6.07, 6.45) is 13.0. The molecule has 6 nitrogen and oxygen atoms in total. The molecule has 1 aromatic rings. The number of imide groups is 1. The molecule has 1 saturated heterocycles. The summed E-state index contributed by atoms with van der Waals surface area (Å²) >= 11 is 12.3. The lowest BCUT2D eigenvalue weighted by Gasteiger charge is -2.40. The third kappa shape index (κ3) is 6.25. The number of amides is 2. The summed E-state index contributed by atoms with van der Waals surface area (Å²) in [6.45, 7) is 2.22. The van der Waals surface area contributed by atoms with Crippen LogP contribution >= 0.6 is 23.2 Å². The quantitative estimate of drug-likeness (QED) is 0.220. The zero-order valence-corrected chi connectivity index (χ0v) is 20.0. The van der Waals surface area contributed by atoms with Gasteiger partial charge in [0, 0.05) is 5.02 Å². The van der Waals surface area contributed by atoms with E-state index >= 15 is 0 Å². The monoisotopic (exact) mass is 481 g/mol. The molecule has 8 heteroatoms. The molecule has 2 heterocycles. The molecule has 176 valence electrons. The van der Waals surface area contributed by atoms with Gasteiger partial charge in [0.1, 0.15) is 6.04 Å². The van der Waals surface area contributed by atoms with E-state index in [1.54, 1.807) is 29.3 Å². The van der Waals surface area contributed by atoms with E-state index in [1.165, 1.54) is 38.5 Å². The van der Waals surface area contributed by atoms with Crippen molar-refractivity contribution in [3.05, 3.63) is 40.4 Å². The highest BCUT2D eigenvalue weighted by Gasteiger charge is 2.49. The molecular weight excluding hydrogens is 449 g/mol. The number of nitrogens with one attached hydrogen (secondary N) is 2. The fraction of sp³-hybridized carbons (Fsp3) is 0.583. The molecule has 3 N–H and O–H groups in total. The van der Waals surface area contributed by atoms with Gasteiger partial charge in [-0.05, 0) is 24.6 Å². The zero-order valence-electron chi connectivity index (χ0n) is 18.5. The van der Waals surface area contributed by atoms with Gasteiger partial charge in [-0.3, -0.25) is 14.9 Å². The third-order valence-electron chi connectivity index (χ3n) is 6.22. The van der Waals surface area contributed by atoms with Gasteiger partial charge >= 0.3 is 0 Å². The summed E-state index contributed by atoms with van der Waals surface area (Å²) in [5.74, 6) is -1.32. The normalized spacial score (nSPS) is 23.8. The van der Waals surface area contributed by atoms with E-state index in [0.29, 0.717) is 22.2 Å². The number of aliphatic hydroxyl groups is 1. The summed E-state index contributed by atoms with van der Waals surface area (Å²) in [7, 11) is 0. The zero-order chi connectivity index (χ0) is 23.1. The fourth-order valence-electron chi connectivity index (χ4n) is 4.42. The number of nitrogens with zero attached hydrogens (tertiary/aromatic N) is 1. The number of hydrazine groups is 1. The minimum atomic E-state index is -0.752. The number of unbranched alkanes of at least 4 members (excludes halogenated alkanes) is 7. The van der Waals surface area contributed by atoms with Gasteiger partial charge in [-0.15, -0.1) is 0 Å². The van der Waals surface area contributed by atoms with Crippen LogP contribution in [0.4, 0.5) is 5.69 Å². The maximum absolute atomic E-state index is 12.6. The standard InChI is InChI=1S/C24H33Cl2N3O3/c1-2-3-4-5-6-7-8-9-10-21(30)20-14-12-17-22(24(32)27-23(17)31)29(20)28-19-13-11-16(25)15-18(19)26/h11-15,17,20-22,28,30H,2-10H2,1H3,(H,27,31,32). The van der Waals surface area contributed by atoms with Crippen molar-refractivity contribution in [1.82, 2.24) is 10.3 Å². The Balaban J connectivity index is 1.64. The van der Waals surface area contributed by atoms with Crippen molar-refractivity contribution < 1.29 is 14.7 Å². The minimum Gasteiger partial charge on any atom is -0.391 e. The Morgan fingerprint density at radius 1 is 1.03 bits per heavy atom. The van der Waals surface area contributed by atoms with Crippen molar-refractivity contribution in [2.75, 3.05) is 5.43 Å². The van der Waals surface area contributed by atoms with Gasteiger partial charge in [-0.1, -0.05) is 93.6 Å². The Morgan fingerprint density at radius 3 is 2.41 bits per heavy atom. The molecule has 0 aromatic heterocycles. The van der Waals surface area contributed by atoms with Gasteiger partial charge in [-0.25, -0.2) is 5.01 Å². The first-order valence-electron chi connectivity index (χ1n) is 11.6. The number of benzene rings is 1. The van der Waals surface area contributed by atoms with Crippen LogP contribution in [0.1, 0.15) is 64.7 Å². The summed E-state index contributed by atoms with van der Waals surface area (Å²) in [6, 6.07) is 3.80. The molecule has 2 amide bonds. The van der Waals surface area contributed by atoms with E-state index in [1.807, 2.05) is 6.08 Å². The number of aliphatic hydroxyl groups excluding tert-OH is 1. The molecule has 4 atom stereocenters. The van der Waals surface area contributed by atoms with E-state index < -0.39 is 24.1 Å². The van der Waals surface area contributed by atoms with Crippen molar-refractivity contribution >= 4 is 40.7 Å². The number of hydrogen-bond donors (Lipinski definition) is 3. The van der Waals surface area contributed by atoms with Crippen LogP contribution in [0.25, 0.3) is 0 Å². The highest BCUT2D eigenvalue weighted by Crippen LogP contribution is 2.33. The van der Waals surface area contributed by atoms with E-state index in [-0.39, 0.29) is 11.8 Å². The molecule has 2 aliphatic rings. The Bertz CT molecular complexity index is 833. The topological polar surface area (TPSA) is 81.7 Å². The van der Waals surface area contributed by atoms with Gasteiger partial charge in [0.2, 0.25) is 11.8 Å². The summed E-state index contributed by atoms with van der Waals surface area (Å²) in [4.78, 5) is 24.8. The Morgan fingerprint density at radius 2 is 1.72 bits per heavy atom. The lowest BCUT2D eigenvalue weighted by atomic mass is 9.91. The van der Waals surface area contributed by atoms with E-state index in [9.17, 15) is 14.7 Å². The predicted octanol–water partition coefficient (Wildman–Crippen LogP) is 5.09. The van der Waals surface area contributed by atoms with Crippen LogP contribution in [0.3, 0.4) is 0 Å². The van der Waals surface area contributed by atoms with Gasteiger partial charge in [-0.2, -0.15) is 0 Å². The van der Waals surface area contributed by atoms with Gasteiger partial charge in [0.25, 0.3) is 0 Å². The van der Waals surface area contributed by atoms with Crippen molar-refractivity contribution in [2.45, 2.75) is 82.9 Å². The molecule has 0 spiro atoms. The first-order valence-corrected chi connectivity index (χ1v) is 12.4. The highest BCUT2D eigenvalue weighted by atomic mass is 35.5. The van der Waals surface area contributed by atoms with E-state index in [0.717, 1.165) is 12.8 Å². The van der Waals surface area contributed by atoms with E-state index in [2.05, 4.69) is 17.7 Å². The number of rotatable bonds is 12. The number of carbonyl (C=O) groups excluding carboxylic acids is 2. The maximum atomic E-state index is 12.6. The molecule has 0 aliphatic carbocycles. The molecule has 1 aromatic carbocycles. The van der Waals surface area contributed by atoms with Crippen LogP contribution in [0.2, 0.25) is 10.0 Å². The van der Waals surface area contributed by atoms with Crippen LogP contribution in [0.15, 0.2) is 30.4 Å². The molecule has 1 fully saturated rings. The van der Waals surface area contributed by atoms with Gasteiger partial charge in [0.05, 0.1) is 28.8 Å². The second kappa shape index (κ2) is 12.0. The molecule has 32 heavy (non-hydrogen) atoms. The number of anilines is 1. The highest BCUT2D eigenvalue weighted by molar-refractivity contribution is 6.36. The molecule has 2 aliphatic heterocycles. The largest absolute Gasteiger partial charge is 0.391 e. The average Bonchev–Trinajstić information content (AvgIpc) is 3.05. The number of halogens is 2. The SMILES string of the molecule is CCCCCCCCCCC(O)C1C=CC2C(=O)NC(=O)C2N1Nc1ccc(Cl)cc1Cl. The lowest BCUT2D eigenvalue weighted by molar-refractivity contribution is -0.126. The fourth-order valence-corrected chi connectivity index (χ4v) is 4.87. The Hall–Kier alpha value is -1.60. The second-order valence-electron chi connectivity index (χ2n) is 8.67. The number of carbonyl (C=O) groups is 2. The molecule has 0 saturated carbocycles. The van der Waals surface area contributed by atoms with Crippen LogP contribution in [-0.2, 0) is 9.59 Å². The van der Waals surface area contributed by atoms with E-state index in [4.69, 9.17) is 23.2 Å². The van der Waals surface area contributed by atoms with Gasteiger partial charge in [0.15, 0.2) is 0 Å². The van der Waals surface area contributed by atoms with Crippen molar-refractivity contribution in [2.24, 2.45) is 5.92 Å². The third-order valence-corrected chi connectivity index (χ3v) is 6.77. The van der Waals surface area contributed by atoms with Crippen molar-refractivity contribution in [3.8, 4) is 0 Å². The Kier molecular flexibility index (Phi) is 9.41. The van der Waals surface area contributed by atoms with Crippen LogP contribution in [0, 0.1) is 5.92 Å². The van der Waals surface area contributed by atoms with Crippen LogP contribution in [0.5, 0.6) is 0 Å². The van der Waals surface area contributed by atoms with Crippen molar-refractivity contribution in [1.29, 1.82) is 0 Å². The maximum Gasteiger partial charge on any atom is 0.246 e. The minimum absolute atomic E-state index is 0.332. The first-order chi connectivity index (χ1) is 15.4. The first kappa shape index (κ1) is 25.0. The molecule has 0 radical (unpaired) electrons. The molecule has 3 rings (SSSR count). The summed E-state index contributed by atoms with van der Waals surface area (Å²) in [5.41, 5.74) is 3.74. The smallest absolute Gasteiger partial charge is 0.246 e. The van der Waals surface area contributed by atoms with Crippen molar-refractivity contribution in [3.63, 3.8) is 0 Å². The van der Waals surface area contributed by atoms with Crippen LogP contribution in [-0.4, -0.2) is 40.1 Å². The molecular formula is C24H33Cl2N3O3. The summed E-state index contributed by atoms with van der Waals surface area (Å²) < 4.78 is 0. The Labute approximate surface area is 200 Å². The lowest BCUT2D eigenvalue weighted by Crippen LogP contribution is -2.57. The van der Waals surface area contributed by atoms with Crippen LogP contribution < -0.4 is 10.7 Å². The second-order valence-corrected chi connectivity index (χ2v) is 9.52. The molecule has 4 unspecified atom stereocenters. The predicted molar refractivity (Wildman–Crippen MR) is 129 cm³/mol. The molecule has 0 bridgehead atoms. The average molecular weight is 482 g/mol. The van der Waals surface area contributed by atoms with Gasteiger partial charge < -0.3 is 10.5 Å². The number of fused-ring (bicyclic) bond motifs is 1. The number of hydrogen-bond acceptors (Lipinski definition) is 5.